The zero-order chi connectivity index (χ0) is 13.5. The Bertz CT molecular complexity index is 412. The van der Waals surface area contributed by atoms with E-state index in [-0.39, 0.29) is 6.04 Å². The summed E-state index contributed by atoms with van der Waals surface area (Å²) in [5.74, 6) is 1.86. The van der Waals surface area contributed by atoms with Crippen LogP contribution in [0.15, 0.2) is 12.1 Å². The largest absolute Gasteiger partial charge is 0.476 e. The highest BCUT2D eigenvalue weighted by molar-refractivity contribution is 7.84. The number of nitrogens with zero attached hydrogens (tertiary/aromatic N) is 1. The van der Waals surface area contributed by atoms with Crippen LogP contribution in [0.2, 0.25) is 0 Å². The Morgan fingerprint density at radius 2 is 2.28 bits per heavy atom. The van der Waals surface area contributed by atoms with Crippen LogP contribution in [0.1, 0.15) is 20.3 Å². The molecule has 0 saturated carbocycles. The summed E-state index contributed by atoms with van der Waals surface area (Å²) in [5, 5.41) is 3.24. The molecule has 0 aliphatic heterocycles. The van der Waals surface area contributed by atoms with Crippen molar-refractivity contribution in [2.45, 2.75) is 26.3 Å². The molecule has 0 aliphatic rings. The van der Waals surface area contributed by atoms with Crippen molar-refractivity contribution >= 4 is 22.3 Å². The first-order valence-electron chi connectivity index (χ1n) is 5.98. The van der Waals surface area contributed by atoms with Crippen molar-refractivity contribution in [1.82, 2.24) is 4.98 Å². The molecular weight excluding hydrogens is 250 g/mol. The minimum absolute atomic E-state index is 0.208. The predicted octanol–water partition coefficient (Wildman–Crippen LogP) is 1.63. The van der Waals surface area contributed by atoms with Crippen LogP contribution in [0.25, 0.3) is 0 Å². The molecule has 1 rings (SSSR count). The first-order chi connectivity index (χ1) is 8.52. The average molecular weight is 271 g/mol. The van der Waals surface area contributed by atoms with Gasteiger partial charge in [0.15, 0.2) is 0 Å². The first kappa shape index (κ1) is 14.8. The Morgan fingerprint density at radius 3 is 2.89 bits per heavy atom. The van der Waals surface area contributed by atoms with Crippen molar-refractivity contribution < 1.29 is 8.95 Å². The summed E-state index contributed by atoms with van der Waals surface area (Å²) in [6.45, 7) is 4.46. The second kappa shape index (κ2) is 7.20. The number of anilines is 2. The van der Waals surface area contributed by atoms with Gasteiger partial charge >= 0.3 is 0 Å². The molecule has 0 bridgehead atoms. The highest BCUT2D eigenvalue weighted by Gasteiger charge is 2.07. The number of aromatic nitrogens is 1. The maximum atomic E-state index is 11.0. The molecule has 0 saturated heterocycles. The van der Waals surface area contributed by atoms with Gasteiger partial charge < -0.3 is 15.8 Å². The molecular formula is C12H21N3O2S. The number of nitrogen functional groups attached to an aromatic ring is 1. The molecule has 5 nitrogen and oxygen atoms in total. The van der Waals surface area contributed by atoms with Gasteiger partial charge in [0.1, 0.15) is 5.82 Å². The van der Waals surface area contributed by atoms with Crippen LogP contribution in [0, 0.1) is 0 Å². The zero-order valence-electron chi connectivity index (χ0n) is 11.1. The highest BCUT2D eigenvalue weighted by Crippen LogP contribution is 2.21. The van der Waals surface area contributed by atoms with Gasteiger partial charge in [0.2, 0.25) is 5.88 Å². The van der Waals surface area contributed by atoms with Crippen LogP contribution in [0.3, 0.4) is 0 Å². The summed E-state index contributed by atoms with van der Waals surface area (Å²) >= 11 is 0. The lowest BCUT2D eigenvalue weighted by Crippen LogP contribution is -2.18. The molecule has 1 aromatic heterocycles. The molecule has 6 heteroatoms. The SMILES string of the molecule is CCOc1nc(NC(C)CCS(C)=O)ccc1N. The third kappa shape index (κ3) is 4.91. The molecule has 18 heavy (non-hydrogen) atoms. The minimum Gasteiger partial charge on any atom is -0.476 e. The van der Waals surface area contributed by atoms with Gasteiger partial charge in [0.25, 0.3) is 0 Å². The Kier molecular flexibility index (Phi) is 5.91. The number of rotatable bonds is 7. The monoisotopic (exact) mass is 271 g/mol. The molecule has 1 heterocycles. The fourth-order valence-corrected chi connectivity index (χ4v) is 2.14. The third-order valence-corrected chi connectivity index (χ3v) is 3.21. The van der Waals surface area contributed by atoms with Crippen molar-refractivity contribution in [2.24, 2.45) is 0 Å². The van der Waals surface area contributed by atoms with Crippen molar-refractivity contribution in [2.75, 3.05) is 29.7 Å². The maximum Gasteiger partial charge on any atom is 0.239 e. The van der Waals surface area contributed by atoms with Crippen LogP contribution in [0.5, 0.6) is 5.88 Å². The molecule has 0 fully saturated rings. The molecule has 0 aliphatic carbocycles. The van der Waals surface area contributed by atoms with Gasteiger partial charge in [-0.1, -0.05) is 0 Å². The van der Waals surface area contributed by atoms with E-state index in [0.29, 0.717) is 23.9 Å². The van der Waals surface area contributed by atoms with Crippen LogP contribution >= 0.6 is 0 Å². The molecule has 0 aromatic carbocycles. The van der Waals surface area contributed by atoms with Crippen molar-refractivity contribution in [3.8, 4) is 5.88 Å². The molecule has 0 amide bonds. The summed E-state index contributed by atoms with van der Waals surface area (Å²) in [6.07, 6.45) is 2.54. The fraction of sp³-hybridized carbons (Fsp3) is 0.583. The summed E-state index contributed by atoms with van der Waals surface area (Å²) in [4.78, 5) is 4.29. The molecule has 2 atom stereocenters. The smallest absolute Gasteiger partial charge is 0.239 e. The second-order valence-electron chi connectivity index (χ2n) is 4.14. The van der Waals surface area contributed by atoms with E-state index in [1.54, 1.807) is 12.3 Å². The Morgan fingerprint density at radius 1 is 1.56 bits per heavy atom. The van der Waals surface area contributed by atoms with Crippen LogP contribution in [-0.2, 0) is 10.8 Å². The molecule has 0 radical (unpaired) electrons. The summed E-state index contributed by atoms with van der Waals surface area (Å²) < 4.78 is 16.3. The van der Waals surface area contributed by atoms with E-state index in [1.165, 1.54) is 0 Å². The zero-order valence-corrected chi connectivity index (χ0v) is 11.9. The Hall–Kier alpha value is -1.30. The minimum atomic E-state index is -0.760. The number of pyridine rings is 1. The average Bonchev–Trinajstić information content (AvgIpc) is 2.31. The van der Waals surface area contributed by atoms with E-state index in [4.69, 9.17) is 10.5 Å². The number of nitrogens with one attached hydrogen (secondary N) is 1. The summed E-state index contributed by atoms with van der Waals surface area (Å²) in [5.41, 5.74) is 6.28. The van der Waals surface area contributed by atoms with Crippen LogP contribution in [0.4, 0.5) is 11.5 Å². The Labute approximate surface area is 111 Å². The van der Waals surface area contributed by atoms with Gasteiger partial charge in [0, 0.05) is 28.9 Å². The fourth-order valence-electron chi connectivity index (χ4n) is 1.45. The summed E-state index contributed by atoms with van der Waals surface area (Å²) in [6, 6.07) is 3.79. The normalized spacial score (nSPS) is 13.9. The van der Waals surface area contributed by atoms with E-state index in [9.17, 15) is 4.21 Å². The summed E-state index contributed by atoms with van der Waals surface area (Å²) in [7, 11) is -0.760. The van der Waals surface area contributed by atoms with Gasteiger partial charge in [-0.3, -0.25) is 4.21 Å². The number of hydrogen-bond donors (Lipinski definition) is 2. The topological polar surface area (TPSA) is 77.2 Å². The van der Waals surface area contributed by atoms with Crippen molar-refractivity contribution in [1.29, 1.82) is 0 Å². The number of hydrogen-bond acceptors (Lipinski definition) is 5. The lowest BCUT2D eigenvalue weighted by atomic mass is 10.2. The number of ether oxygens (including phenoxy) is 1. The third-order valence-electron chi connectivity index (χ3n) is 2.40. The molecule has 1 aromatic rings. The van der Waals surface area contributed by atoms with Crippen molar-refractivity contribution in [3.63, 3.8) is 0 Å². The quantitative estimate of drug-likeness (QED) is 0.788. The standard InChI is InChI=1S/C12H21N3O2S/c1-4-17-12-10(13)5-6-11(15-12)14-9(2)7-8-18(3)16/h5-6,9H,4,7-8,13H2,1-3H3,(H,14,15). The van der Waals surface area contributed by atoms with Gasteiger partial charge in [-0.25, -0.2) is 0 Å². The molecule has 102 valence electrons. The van der Waals surface area contributed by atoms with E-state index in [2.05, 4.69) is 10.3 Å². The van der Waals surface area contributed by atoms with Crippen molar-refractivity contribution in [3.05, 3.63) is 12.1 Å². The molecule has 2 unspecified atom stereocenters. The lowest BCUT2D eigenvalue weighted by molar-refractivity contribution is 0.329. The predicted molar refractivity (Wildman–Crippen MR) is 76.5 cm³/mol. The maximum absolute atomic E-state index is 11.0. The second-order valence-corrected chi connectivity index (χ2v) is 5.69. The molecule has 3 N–H and O–H groups in total. The van der Waals surface area contributed by atoms with Gasteiger partial charge in [-0.15, -0.1) is 0 Å². The lowest BCUT2D eigenvalue weighted by Gasteiger charge is -2.15. The van der Waals surface area contributed by atoms with Crippen LogP contribution in [-0.4, -0.2) is 33.9 Å². The van der Waals surface area contributed by atoms with E-state index in [0.717, 1.165) is 12.2 Å². The van der Waals surface area contributed by atoms with Gasteiger partial charge in [-0.2, -0.15) is 4.98 Å². The van der Waals surface area contributed by atoms with Crippen LogP contribution < -0.4 is 15.8 Å². The van der Waals surface area contributed by atoms with E-state index >= 15 is 0 Å². The molecule has 0 spiro atoms. The van der Waals surface area contributed by atoms with Gasteiger partial charge in [-0.05, 0) is 32.4 Å². The van der Waals surface area contributed by atoms with E-state index in [1.807, 2.05) is 19.9 Å². The highest BCUT2D eigenvalue weighted by atomic mass is 32.2. The van der Waals surface area contributed by atoms with E-state index < -0.39 is 10.8 Å². The van der Waals surface area contributed by atoms with Gasteiger partial charge in [0.05, 0.1) is 12.3 Å². The Balaban J connectivity index is 2.61. The number of nitrogens with two attached hydrogens (primary N) is 1. The first-order valence-corrected chi connectivity index (χ1v) is 7.71.